The van der Waals surface area contributed by atoms with E-state index in [-0.39, 0.29) is 5.97 Å². The molecule has 0 N–H and O–H groups in total. The van der Waals surface area contributed by atoms with Crippen molar-refractivity contribution in [3.63, 3.8) is 0 Å². The first-order valence-electron chi connectivity index (χ1n) is 5.85. The topological polar surface area (TPSA) is 65.2 Å². The molecule has 3 aromatic rings. The Morgan fingerprint density at radius 3 is 2.75 bits per heavy atom. The van der Waals surface area contributed by atoms with Gasteiger partial charge >= 0.3 is 5.97 Å². The highest BCUT2D eigenvalue weighted by Gasteiger charge is 2.15. The van der Waals surface area contributed by atoms with E-state index in [9.17, 15) is 4.79 Å². The zero-order chi connectivity index (χ0) is 13.9. The Kier molecular flexibility index (Phi) is 3.30. The number of hydrogen-bond acceptors (Lipinski definition) is 6. The molecular weight excluding hydrogens is 276 g/mol. The summed E-state index contributed by atoms with van der Waals surface area (Å²) in [6.07, 6.45) is 0. The van der Waals surface area contributed by atoms with E-state index < -0.39 is 0 Å². The average molecular weight is 286 g/mol. The summed E-state index contributed by atoms with van der Waals surface area (Å²) in [6.45, 7) is 0. The zero-order valence-electron chi connectivity index (χ0n) is 10.6. The summed E-state index contributed by atoms with van der Waals surface area (Å²) in [7, 11) is 1.35. The SMILES string of the molecule is COC(=O)c1ccc(-c2nc(-c3ccccc3)no2)s1. The van der Waals surface area contributed by atoms with Crippen LogP contribution in [0.4, 0.5) is 0 Å². The third-order valence-electron chi connectivity index (χ3n) is 2.66. The Hall–Kier alpha value is -2.47. The molecule has 0 saturated heterocycles. The summed E-state index contributed by atoms with van der Waals surface area (Å²) >= 11 is 1.26. The largest absolute Gasteiger partial charge is 0.465 e. The number of nitrogens with zero attached hydrogens (tertiary/aromatic N) is 2. The van der Waals surface area contributed by atoms with Crippen LogP contribution in [0.5, 0.6) is 0 Å². The molecule has 0 saturated carbocycles. The fraction of sp³-hybridized carbons (Fsp3) is 0.0714. The van der Waals surface area contributed by atoms with Gasteiger partial charge in [0.1, 0.15) is 4.88 Å². The maximum Gasteiger partial charge on any atom is 0.348 e. The van der Waals surface area contributed by atoms with Crippen LogP contribution in [-0.2, 0) is 4.74 Å². The van der Waals surface area contributed by atoms with Crippen LogP contribution in [-0.4, -0.2) is 23.2 Å². The quantitative estimate of drug-likeness (QED) is 0.691. The first-order valence-corrected chi connectivity index (χ1v) is 6.67. The second-order valence-electron chi connectivity index (χ2n) is 3.94. The van der Waals surface area contributed by atoms with Gasteiger partial charge in [-0.3, -0.25) is 0 Å². The standard InChI is InChI=1S/C14H10N2O3S/c1-18-14(17)11-8-7-10(20-11)13-15-12(16-19-13)9-5-3-2-4-6-9/h2-8H,1H3. The summed E-state index contributed by atoms with van der Waals surface area (Å²) < 4.78 is 9.89. The molecule has 0 fully saturated rings. The van der Waals surface area contributed by atoms with Crippen LogP contribution in [0.15, 0.2) is 47.0 Å². The number of carbonyl (C=O) groups is 1. The zero-order valence-corrected chi connectivity index (χ0v) is 11.4. The number of methoxy groups -OCH3 is 1. The summed E-state index contributed by atoms with van der Waals surface area (Å²) in [5.74, 6) is 0.543. The van der Waals surface area contributed by atoms with Crippen molar-refractivity contribution in [2.45, 2.75) is 0 Å². The summed E-state index contributed by atoms with van der Waals surface area (Å²) in [5, 5.41) is 3.94. The maximum atomic E-state index is 11.4. The van der Waals surface area contributed by atoms with Crippen LogP contribution in [0.3, 0.4) is 0 Å². The summed E-state index contributed by atoms with van der Waals surface area (Å²) in [4.78, 5) is 17.0. The lowest BCUT2D eigenvalue weighted by atomic mass is 10.2. The average Bonchev–Trinajstić information content (AvgIpc) is 3.16. The van der Waals surface area contributed by atoms with Gasteiger partial charge in [0, 0.05) is 5.56 Å². The normalized spacial score (nSPS) is 10.4. The predicted octanol–water partition coefficient (Wildman–Crippen LogP) is 3.25. The predicted molar refractivity (Wildman–Crippen MR) is 74.4 cm³/mol. The van der Waals surface area contributed by atoms with Crippen molar-refractivity contribution in [3.05, 3.63) is 47.3 Å². The van der Waals surface area contributed by atoms with Crippen molar-refractivity contribution >= 4 is 17.3 Å². The molecule has 0 aliphatic carbocycles. The lowest BCUT2D eigenvalue weighted by molar-refractivity contribution is 0.0606. The van der Waals surface area contributed by atoms with Crippen LogP contribution < -0.4 is 0 Å². The number of thiophene rings is 1. The van der Waals surface area contributed by atoms with Gasteiger partial charge in [-0.2, -0.15) is 4.98 Å². The lowest BCUT2D eigenvalue weighted by Gasteiger charge is -1.91. The van der Waals surface area contributed by atoms with E-state index in [1.54, 1.807) is 12.1 Å². The highest BCUT2D eigenvalue weighted by atomic mass is 32.1. The molecule has 2 heterocycles. The minimum absolute atomic E-state index is 0.371. The van der Waals surface area contributed by atoms with Gasteiger partial charge in [-0.25, -0.2) is 4.79 Å². The molecule has 2 aromatic heterocycles. The molecule has 100 valence electrons. The molecule has 0 spiro atoms. The third-order valence-corrected chi connectivity index (χ3v) is 3.71. The molecule has 20 heavy (non-hydrogen) atoms. The molecule has 0 radical (unpaired) electrons. The first kappa shape index (κ1) is 12.6. The molecule has 3 rings (SSSR count). The minimum atomic E-state index is -0.371. The monoisotopic (exact) mass is 286 g/mol. The number of rotatable bonds is 3. The van der Waals surface area contributed by atoms with Gasteiger partial charge in [0.2, 0.25) is 5.82 Å². The molecule has 5 nitrogen and oxygen atoms in total. The van der Waals surface area contributed by atoms with E-state index in [0.29, 0.717) is 16.6 Å². The van der Waals surface area contributed by atoms with Crippen LogP contribution in [0.1, 0.15) is 9.67 Å². The molecule has 0 aliphatic heterocycles. The molecule has 0 bridgehead atoms. The lowest BCUT2D eigenvalue weighted by Crippen LogP contribution is -1.96. The van der Waals surface area contributed by atoms with Gasteiger partial charge in [0.15, 0.2) is 0 Å². The Balaban J connectivity index is 1.91. The molecule has 0 aliphatic rings. The van der Waals surface area contributed by atoms with Crippen LogP contribution in [0, 0.1) is 0 Å². The van der Waals surface area contributed by atoms with Crippen LogP contribution in [0.2, 0.25) is 0 Å². The van der Waals surface area contributed by atoms with Gasteiger partial charge < -0.3 is 9.26 Å². The molecule has 0 amide bonds. The first-order chi connectivity index (χ1) is 9.78. The van der Waals surface area contributed by atoms with E-state index in [2.05, 4.69) is 14.9 Å². The van der Waals surface area contributed by atoms with Crippen molar-refractivity contribution in [1.29, 1.82) is 0 Å². The van der Waals surface area contributed by atoms with Crippen molar-refractivity contribution in [1.82, 2.24) is 10.1 Å². The van der Waals surface area contributed by atoms with E-state index in [4.69, 9.17) is 4.52 Å². The number of hydrogen-bond donors (Lipinski definition) is 0. The third kappa shape index (κ3) is 2.33. The van der Waals surface area contributed by atoms with Gasteiger partial charge in [0.25, 0.3) is 5.89 Å². The van der Waals surface area contributed by atoms with Crippen molar-refractivity contribution in [2.24, 2.45) is 0 Å². The van der Waals surface area contributed by atoms with Crippen LogP contribution >= 0.6 is 11.3 Å². The van der Waals surface area contributed by atoms with E-state index in [1.807, 2.05) is 30.3 Å². The van der Waals surface area contributed by atoms with E-state index in [0.717, 1.165) is 10.4 Å². The Bertz CT molecular complexity index is 734. The summed E-state index contributed by atoms with van der Waals surface area (Å²) in [5.41, 5.74) is 0.882. The van der Waals surface area contributed by atoms with Gasteiger partial charge in [-0.05, 0) is 12.1 Å². The van der Waals surface area contributed by atoms with Gasteiger partial charge in [-0.15, -0.1) is 11.3 Å². The summed E-state index contributed by atoms with van der Waals surface area (Å²) in [6, 6.07) is 13.0. The van der Waals surface area contributed by atoms with Crippen LogP contribution in [0.25, 0.3) is 22.2 Å². The molecular formula is C14H10N2O3S. The molecule has 1 aromatic carbocycles. The molecule has 6 heteroatoms. The second kappa shape index (κ2) is 5.26. The van der Waals surface area contributed by atoms with Crippen molar-refractivity contribution < 1.29 is 14.1 Å². The number of aromatic nitrogens is 2. The number of esters is 1. The van der Waals surface area contributed by atoms with E-state index in [1.165, 1.54) is 18.4 Å². The fourth-order valence-electron chi connectivity index (χ4n) is 1.69. The Morgan fingerprint density at radius 2 is 2.00 bits per heavy atom. The Labute approximate surface area is 118 Å². The number of carbonyl (C=O) groups excluding carboxylic acids is 1. The van der Waals surface area contributed by atoms with Gasteiger partial charge in [0.05, 0.1) is 12.0 Å². The number of ether oxygens (including phenoxy) is 1. The van der Waals surface area contributed by atoms with Crippen molar-refractivity contribution in [2.75, 3.05) is 7.11 Å². The maximum absolute atomic E-state index is 11.4. The van der Waals surface area contributed by atoms with E-state index >= 15 is 0 Å². The molecule has 0 unspecified atom stereocenters. The number of benzene rings is 1. The molecule has 0 atom stereocenters. The highest BCUT2D eigenvalue weighted by Crippen LogP contribution is 2.28. The van der Waals surface area contributed by atoms with Crippen molar-refractivity contribution in [3.8, 4) is 22.2 Å². The second-order valence-corrected chi connectivity index (χ2v) is 5.03. The fourth-order valence-corrected chi connectivity index (χ4v) is 2.54. The smallest absolute Gasteiger partial charge is 0.348 e. The Morgan fingerprint density at radius 1 is 1.20 bits per heavy atom. The minimum Gasteiger partial charge on any atom is -0.465 e. The van der Waals surface area contributed by atoms with Gasteiger partial charge in [-0.1, -0.05) is 35.5 Å². The highest BCUT2D eigenvalue weighted by molar-refractivity contribution is 7.17.